The van der Waals surface area contributed by atoms with Gasteiger partial charge in [0.2, 0.25) is 0 Å². The van der Waals surface area contributed by atoms with Crippen LogP contribution < -0.4 is 11.1 Å². The molecule has 2 rings (SSSR count). The molecule has 0 aromatic carbocycles. The molecule has 0 bridgehead atoms. The van der Waals surface area contributed by atoms with Gasteiger partial charge in [-0.3, -0.25) is 9.89 Å². The van der Waals surface area contributed by atoms with Crippen molar-refractivity contribution in [2.75, 3.05) is 5.73 Å². The summed E-state index contributed by atoms with van der Waals surface area (Å²) in [5, 5.41) is 17.3. The first-order valence-corrected chi connectivity index (χ1v) is 6.53. The number of hydrogen-bond donors (Lipinski definition) is 3. The van der Waals surface area contributed by atoms with Crippen LogP contribution in [0.2, 0.25) is 0 Å². The van der Waals surface area contributed by atoms with Crippen LogP contribution in [0.4, 0.5) is 5.69 Å². The van der Waals surface area contributed by atoms with Crippen molar-refractivity contribution in [2.45, 2.75) is 39.8 Å². The Morgan fingerprint density at radius 2 is 2.30 bits per heavy atom. The normalized spacial score (nSPS) is 11.0. The van der Waals surface area contributed by atoms with E-state index in [0.29, 0.717) is 11.5 Å². The number of hydrogen-bond acceptors (Lipinski definition) is 5. The summed E-state index contributed by atoms with van der Waals surface area (Å²) >= 11 is 0. The monoisotopic (exact) mass is 277 g/mol. The van der Waals surface area contributed by atoms with Gasteiger partial charge in [-0.1, -0.05) is 13.8 Å². The molecule has 20 heavy (non-hydrogen) atoms. The van der Waals surface area contributed by atoms with Gasteiger partial charge in [0.15, 0.2) is 11.5 Å². The molecule has 2 aromatic rings. The lowest BCUT2D eigenvalue weighted by Gasteiger charge is -2.05. The van der Waals surface area contributed by atoms with E-state index in [1.54, 1.807) is 6.33 Å². The largest absolute Gasteiger partial charge is 0.395 e. The molecule has 0 aliphatic heterocycles. The van der Waals surface area contributed by atoms with Crippen molar-refractivity contribution in [1.82, 2.24) is 30.3 Å². The Bertz CT molecular complexity index is 599. The zero-order valence-corrected chi connectivity index (χ0v) is 11.8. The van der Waals surface area contributed by atoms with E-state index in [9.17, 15) is 4.79 Å². The third kappa shape index (κ3) is 2.63. The number of aromatic nitrogens is 5. The van der Waals surface area contributed by atoms with Crippen LogP contribution in [0, 0.1) is 0 Å². The molecule has 0 spiro atoms. The van der Waals surface area contributed by atoms with E-state index in [1.165, 1.54) is 0 Å². The number of carbonyl (C=O) groups is 1. The lowest BCUT2D eigenvalue weighted by atomic mass is 10.1. The SMILES string of the molecule is CCn1cnnc1CNC(=O)c1n[nH]c(C(C)C)c1N. The standard InChI is InChI=1S/C12H19N7O/c1-4-19-6-15-16-8(19)5-14-12(20)11-9(13)10(7(2)3)17-18-11/h6-7H,4-5,13H2,1-3H3,(H,14,20)(H,17,18). The van der Waals surface area contributed by atoms with Crippen LogP contribution in [-0.2, 0) is 13.1 Å². The maximum Gasteiger partial charge on any atom is 0.274 e. The fourth-order valence-corrected chi connectivity index (χ4v) is 1.90. The van der Waals surface area contributed by atoms with E-state index >= 15 is 0 Å². The van der Waals surface area contributed by atoms with E-state index < -0.39 is 0 Å². The Kier molecular flexibility index (Phi) is 4.02. The number of aryl methyl sites for hydroxylation is 1. The number of nitrogen functional groups attached to an aromatic ring is 1. The number of nitrogens with two attached hydrogens (primary N) is 1. The zero-order chi connectivity index (χ0) is 14.7. The highest BCUT2D eigenvalue weighted by atomic mass is 16.2. The Labute approximate surface area is 116 Å². The van der Waals surface area contributed by atoms with Gasteiger partial charge in [-0.15, -0.1) is 10.2 Å². The molecule has 0 aliphatic carbocycles. The Hall–Kier alpha value is -2.38. The molecule has 0 aliphatic rings. The van der Waals surface area contributed by atoms with E-state index in [0.717, 1.165) is 12.2 Å². The second-order valence-corrected chi connectivity index (χ2v) is 4.77. The summed E-state index contributed by atoms with van der Waals surface area (Å²) < 4.78 is 1.85. The van der Waals surface area contributed by atoms with Crippen molar-refractivity contribution in [3.63, 3.8) is 0 Å². The van der Waals surface area contributed by atoms with Crippen molar-refractivity contribution >= 4 is 11.6 Å². The molecule has 0 fully saturated rings. The molecular weight excluding hydrogens is 258 g/mol. The minimum Gasteiger partial charge on any atom is -0.395 e. The van der Waals surface area contributed by atoms with Crippen LogP contribution >= 0.6 is 0 Å². The Balaban J connectivity index is 2.06. The molecule has 1 amide bonds. The lowest BCUT2D eigenvalue weighted by Crippen LogP contribution is -2.25. The lowest BCUT2D eigenvalue weighted by molar-refractivity contribution is 0.0945. The first-order chi connectivity index (χ1) is 9.54. The number of rotatable bonds is 5. The van der Waals surface area contributed by atoms with Crippen LogP contribution in [0.3, 0.4) is 0 Å². The molecule has 0 unspecified atom stereocenters. The van der Waals surface area contributed by atoms with Gasteiger partial charge in [0.25, 0.3) is 5.91 Å². The Morgan fingerprint density at radius 1 is 1.55 bits per heavy atom. The van der Waals surface area contributed by atoms with Crippen LogP contribution in [0.5, 0.6) is 0 Å². The van der Waals surface area contributed by atoms with Gasteiger partial charge in [0, 0.05) is 6.54 Å². The minimum absolute atomic E-state index is 0.187. The molecule has 108 valence electrons. The third-order valence-electron chi connectivity index (χ3n) is 3.07. The van der Waals surface area contributed by atoms with Gasteiger partial charge in [0.05, 0.1) is 17.9 Å². The summed E-state index contributed by atoms with van der Waals surface area (Å²) in [4.78, 5) is 12.1. The zero-order valence-electron chi connectivity index (χ0n) is 11.8. The first kappa shape index (κ1) is 14.0. The minimum atomic E-state index is -0.323. The van der Waals surface area contributed by atoms with Gasteiger partial charge in [-0.05, 0) is 12.8 Å². The van der Waals surface area contributed by atoms with Crippen molar-refractivity contribution in [1.29, 1.82) is 0 Å². The number of nitrogens with zero attached hydrogens (tertiary/aromatic N) is 4. The van der Waals surface area contributed by atoms with Gasteiger partial charge in [0.1, 0.15) is 6.33 Å². The molecular formula is C12H19N7O. The Morgan fingerprint density at radius 3 is 2.90 bits per heavy atom. The highest BCUT2D eigenvalue weighted by Gasteiger charge is 2.19. The highest BCUT2D eigenvalue weighted by Crippen LogP contribution is 2.21. The number of nitrogens with one attached hydrogen (secondary N) is 2. The average Bonchev–Trinajstić information content (AvgIpc) is 3.01. The predicted octanol–water partition coefficient (Wildman–Crippen LogP) is 0.657. The molecule has 2 aromatic heterocycles. The fourth-order valence-electron chi connectivity index (χ4n) is 1.90. The summed E-state index contributed by atoms with van der Waals surface area (Å²) in [5.74, 6) is 0.558. The van der Waals surface area contributed by atoms with Gasteiger partial charge in [-0.2, -0.15) is 5.10 Å². The summed E-state index contributed by atoms with van der Waals surface area (Å²) in [6, 6.07) is 0. The van der Waals surface area contributed by atoms with Gasteiger partial charge >= 0.3 is 0 Å². The number of anilines is 1. The van der Waals surface area contributed by atoms with Crippen LogP contribution in [0.15, 0.2) is 6.33 Å². The van der Waals surface area contributed by atoms with E-state index in [2.05, 4.69) is 25.7 Å². The summed E-state index contributed by atoms with van der Waals surface area (Å²) in [5.41, 5.74) is 7.31. The summed E-state index contributed by atoms with van der Waals surface area (Å²) in [6.07, 6.45) is 1.63. The molecule has 0 radical (unpaired) electrons. The van der Waals surface area contributed by atoms with Crippen molar-refractivity contribution in [3.05, 3.63) is 23.5 Å². The number of amides is 1. The van der Waals surface area contributed by atoms with Crippen LogP contribution in [0.25, 0.3) is 0 Å². The molecule has 0 saturated carbocycles. The van der Waals surface area contributed by atoms with E-state index in [-0.39, 0.29) is 24.1 Å². The van der Waals surface area contributed by atoms with Crippen LogP contribution in [0.1, 0.15) is 48.7 Å². The molecule has 8 nitrogen and oxygen atoms in total. The van der Waals surface area contributed by atoms with E-state index in [1.807, 2.05) is 25.3 Å². The van der Waals surface area contributed by atoms with Crippen molar-refractivity contribution in [2.24, 2.45) is 0 Å². The molecule has 2 heterocycles. The quantitative estimate of drug-likeness (QED) is 0.742. The third-order valence-corrected chi connectivity index (χ3v) is 3.07. The summed E-state index contributed by atoms with van der Waals surface area (Å²) in [7, 11) is 0. The van der Waals surface area contributed by atoms with Gasteiger partial charge in [-0.25, -0.2) is 0 Å². The second kappa shape index (κ2) is 5.72. The van der Waals surface area contributed by atoms with Crippen LogP contribution in [-0.4, -0.2) is 30.9 Å². The molecule has 4 N–H and O–H groups in total. The smallest absolute Gasteiger partial charge is 0.274 e. The summed E-state index contributed by atoms with van der Waals surface area (Å²) in [6.45, 7) is 6.98. The van der Waals surface area contributed by atoms with E-state index in [4.69, 9.17) is 5.73 Å². The molecule has 0 atom stereocenters. The number of carbonyl (C=O) groups excluding carboxylic acids is 1. The predicted molar refractivity (Wildman–Crippen MR) is 74.0 cm³/mol. The topological polar surface area (TPSA) is 115 Å². The highest BCUT2D eigenvalue weighted by molar-refractivity contribution is 5.97. The maximum atomic E-state index is 12.1. The molecule has 8 heteroatoms. The second-order valence-electron chi connectivity index (χ2n) is 4.77. The van der Waals surface area contributed by atoms with Gasteiger partial charge < -0.3 is 15.6 Å². The maximum absolute atomic E-state index is 12.1. The number of aromatic amines is 1. The first-order valence-electron chi connectivity index (χ1n) is 6.53. The fraction of sp³-hybridized carbons (Fsp3) is 0.500. The molecule has 0 saturated heterocycles. The number of H-pyrrole nitrogens is 1. The van der Waals surface area contributed by atoms with Crippen molar-refractivity contribution in [3.8, 4) is 0 Å². The van der Waals surface area contributed by atoms with Crippen molar-refractivity contribution < 1.29 is 4.79 Å². The average molecular weight is 277 g/mol.